The van der Waals surface area contributed by atoms with Crippen molar-refractivity contribution < 1.29 is 4.52 Å². The average molecular weight is 298 g/mol. The number of hydrogen-bond donors (Lipinski definition) is 1. The first kappa shape index (κ1) is 12.5. The van der Waals surface area contributed by atoms with Crippen LogP contribution in [-0.2, 0) is 12.8 Å². The number of nitrogens with two attached hydrogens (primary N) is 1. The van der Waals surface area contributed by atoms with Crippen molar-refractivity contribution in [2.45, 2.75) is 26.2 Å². The van der Waals surface area contributed by atoms with Crippen molar-refractivity contribution in [3.8, 4) is 22.8 Å². The van der Waals surface area contributed by atoms with Crippen molar-refractivity contribution >= 4 is 16.3 Å². The second-order valence-corrected chi connectivity index (χ2v) is 6.35. The number of fused-ring (bicyclic) bond motifs is 1. The van der Waals surface area contributed by atoms with E-state index in [-0.39, 0.29) is 0 Å². The summed E-state index contributed by atoms with van der Waals surface area (Å²) in [6.07, 6.45) is 6.83. The normalized spacial score (nSPS) is 13.6. The van der Waals surface area contributed by atoms with E-state index >= 15 is 0 Å². The van der Waals surface area contributed by atoms with Gasteiger partial charge >= 0.3 is 0 Å². The number of rotatable bonds is 2. The highest BCUT2D eigenvalue weighted by Gasteiger charge is 2.25. The molecular formula is C15H14N4OS. The molecule has 3 aromatic heterocycles. The van der Waals surface area contributed by atoms with Gasteiger partial charge < -0.3 is 10.3 Å². The van der Waals surface area contributed by atoms with Gasteiger partial charge in [0.1, 0.15) is 0 Å². The first-order chi connectivity index (χ1) is 10.2. The fourth-order valence-corrected chi connectivity index (χ4v) is 3.94. The second kappa shape index (κ2) is 4.66. The van der Waals surface area contributed by atoms with Gasteiger partial charge in [0, 0.05) is 22.8 Å². The van der Waals surface area contributed by atoms with E-state index in [2.05, 4.69) is 15.1 Å². The smallest absolute Gasteiger partial charge is 0.261 e. The Labute approximate surface area is 125 Å². The summed E-state index contributed by atoms with van der Waals surface area (Å²) < 4.78 is 5.46. The highest BCUT2D eigenvalue weighted by atomic mass is 32.1. The first-order valence-electron chi connectivity index (χ1n) is 6.89. The van der Waals surface area contributed by atoms with Gasteiger partial charge in [0.25, 0.3) is 5.89 Å². The molecule has 1 aliphatic carbocycles. The van der Waals surface area contributed by atoms with Crippen LogP contribution in [0.2, 0.25) is 0 Å². The summed E-state index contributed by atoms with van der Waals surface area (Å²) in [4.78, 5) is 10.0. The summed E-state index contributed by atoms with van der Waals surface area (Å²) >= 11 is 1.64. The predicted molar refractivity (Wildman–Crippen MR) is 82.0 cm³/mol. The van der Waals surface area contributed by atoms with Crippen LogP contribution < -0.4 is 5.73 Å². The lowest BCUT2D eigenvalue weighted by Gasteiger charge is -1.98. The van der Waals surface area contributed by atoms with Gasteiger partial charge in [0.15, 0.2) is 0 Å². The highest BCUT2D eigenvalue weighted by Crippen LogP contribution is 2.43. The zero-order valence-electron chi connectivity index (χ0n) is 11.6. The Morgan fingerprint density at radius 2 is 2.24 bits per heavy atom. The third-order valence-corrected chi connectivity index (χ3v) is 4.99. The molecule has 0 aromatic carbocycles. The van der Waals surface area contributed by atoms with E-state index in [0.29, 0.717) is 11.7 Å². The van der Waals surface area contributed by atoms with E-state index in [0.717, 1.165) is 34.5 Å². The zero-order valence-corrected chi connectivity index (χ0v) is 12.4. The van der Waals surface area contributed by atoms with Gasteiger partial charge in [-0.2, -0.15) is 4.98 Å². The van der Waals surface area contributed by atoms with Crippen molar-refractivity contribution in [2.24, 2.45) is 0 Å². The summed E-state index contributed by atoms with van der Waals surface area (Å²) in [5.41, 5.74) is 10.3. The van der Waals surface area contributed by atoms with Gasteiger partial charge in [-0.3, -0.25) is 4.98 Å². The molecule has 0 bridgehead atoms. The molecule has 4 rings (SSSR count). The molecule has 2 N–H and O–H groups in total. The molecule has 0 unspecified atom stereocenters. The van der Waals surface area contributed by atoms with Crippen LogP contribution in [0.15, 0.2) is 23.0 Å². The summed E-state index contributed by atoms with van der Waals surface area (Å²) in [5, 5.41) is 4.87. The van der Waals surface area contributed by atoms with Crippen molar-refractivity contribution in [2.75, 3.05) is 5.73 Å². The van der Waals surface area contributed by atoms with Crippen molar-refractivity contribution in [3.63, 3.8) is 0 Å². The Kier molecular flexibility index (Phi) is 2.78. The van der Waals surface area contributed by atoms with E-state index in [1.807, 2.05) is 13.0 Å². The topological polar surface area (TPSA) is 77.8 Å². The Morgan fingerprint density at radius 3 is 3.10 bits per heavy atom. The van der Waals surface area contributed by atoms with Gasteiger partial charge in [0.05, 0.1) is 10.6 Å². The van der Waals surface area contributed by atoms with E-state index < -0.39 is 0 Å². The van der Waals surface area contributed by atoms with E-state index in [1.54, 1.807) is 23.7 Å². The molecule has 3 aromatic rings. The fourth-order valence-electron chi connectivity index (χ4n) is 2.79. The minimum Gasteiger partial charge on any atom is -0.390 e. The maximum atomic E-state index is 6.14. The Hall–Kier alpha value is -2.21. The average Bonchev–Trinajstić information content (AvgIpc) is 3.15. The maximum Gasteiger partial charge on any atom is 0.261 e. The van der Waals surface area contributed by atoms with Crippen molar-refractivity contribution in [3.05, 3.63) is 34.5 Å². The Balaban J connectivity index is 1.81. The molecule has 21 heavy (non-hydrogen) atoms. The molecule has 0 saturated heterocycles. The lowest BCUT2D eigenvalue weighted by Crippen LogP contribution is -1.89. The number of nitrogen functional groups attached to an aromatic ring is 1. The third kappa shape index (κ3) is 1.94. The standard InChI is InChI=1S/C15H14N4OS/c1-8-5-6-17-7-10(8)14-18-15(20-19-14)12-9-3-2-4-11(9)21-13(12)16/h5-7H,2-4,16H2,1H3. The monoisotopic (exact) mass is 298 g/mol. The first-order valence-corrected chi connectivity index (χ1v) is 7.71. The Morgan fingerprint density at radius 1 is 1.33 bits per heavy atom. The van der Waals surface area contributed by atoms with Gasteiger partial charge in [-0.05, 0) is 43.4 Å². The number of nitrogens with zero attached hydrogens (tertiary/aromatic N) is 3. The van der Waals surface area contributed by atoms with E-state index in [9.17, 15) is 0 Å². The van der Waals surface area contributed by atoms with Gasteiger partial charge in [0.2, 0.25) is 5.82 Å². The van der Waals surface area contributed by atoms with Crippen LogP contribution in [0.4, 0.5) is 5.00 Å². The van der Waals surface area contributed by atoms with Crippen LogP contribution in [0.1, 0.15) is 22.4 Å². The largest absolute Gasteiger partial charge is 0.390 e. The Bertz CT molecular complexity index is 821. The number of hydrogen-bond acceptors (Lipinski definition) is 6. The van der Waals surface area contributed by atoms with Gasteiger partial charge in [-0.1, -0.05) is 5.16 Å². The molecule has 0 fully saturated rings. The molecular weight excluding hydrogens is 284 g/mol. The number of aryl methyl sites for hydroxylation is 2. The molecule has 0 spiro atoms. The van der Waals surface area contributed by atoms with Crippen LogP contribution in [0.25, 0.3) is 22.8 Å². The van der Waals surface area contributed by atoms with Crippen LogP contribution in [0, 0.1) is 6.92 Å². The summed E-state index contributed by atoms with van der Waals surface area (Å²) in [7, 11) is 0. The third-order valence-electron chi connectivity index (χ3n) is 3.87. The van der Waals surface area contributed by atoms with Gasteiger partial charge in [-0.25, -0.2) is 0 Å². The number of pyridine rings is 1. The zero-order chi connectivity index (χ0) is 14.4. The molecule has 0 atom stereocenters. The lowest BCUT2D eigenvalue weighted by molar-refractivity contribution is 0.432. The quantitative estimate of drug-likeness (QED) is 0.785. The molecule has 0 amide bonds. The molecule has 0 radical (unpaired) electrons. The predicted octanol–water partition coefficient (Wildman–Crippen LogP) is 3.24. The SMILES string of the molecule is Cc1ccncc1-c1noc(-c2c(N)sc3c2CCC3)n1. The molecule has 106 valence electrons. The summed E-state index contributed by atoms with van der Waals surface area (Å²) in [5.74, 6) is 1.08. The molecule has 6 heteroatoms. The summed E-state index contributed by atoms with van der Waals surface area (Å²) in [6.45, 7) is 2.00. The van der Waals surface area contributed by atoms with Crippen LogP contribution >= 0.6 is 11.3 Å². The molecule has 0 saturated carbocycles. The van der Waals surface area contributed by atoms with Crippen molar-refractivity contribution in [1.29, 1.82) is 0 Å². The number of anilines is 1. The lowest BCUT2D eigenvalue weighted by atomic mass is 10.1. The van der Waals surface area contributed by atoms with E-state index in [1.165, 1.54) is 16.9 Å². The van der Waals surface area contributed by atoms with Crippen molar-refractivity contribution in [1.82, 2.24) is 15.1 Å². The number of aromatic nitrogens is 3. The fraction of sp³-hybridized carbons (Fsp3) is 0.267. The van der Waals surface area contributed by atoms with Crippen LogP contribution in [-0.4, -0.2) is 15.1 Å². The maximum absolute atomic E-state index is 6.14. The molecule has 3 heterocycles. The second-order valence-electron chi connectivity index (χ2n) is 5.21. The van der Waals surface area contributed by atoms with Crippen LogP contribution in [0.5, 0.6) is 0 Å². The van der Waals surface area contributed by atoms with Gasteiger partial charge in [-0.15, -0.1) is 11.3 Å². The molecule has 5 nitrogen and oxygen atoms in total. The summed E-state index contributed by atoms with van der Waals surface area (Å²) in [6, 6.07) is 1.93. The minimum atomic E-state index is 0.519. The van der Waals surface area contributed by atoms with E-state index in [4.69, 9.17) is 10.3 Å². The molecule has 1 aliphatic rings. The highest BCUT2D eigenvalue weighted by molar-refractivity contribution is 7.16. The minimum absolute atomic E-state index is 0.519. The number of thiophene rings is 1. The van der Waals surface area contributed by atoms with Crippen LogP contribution in [0.3, 0.4) is 0 Å². The molecule has 0 aliphatic heterocycles.